The lowest BCUT2D eigenvalue weighted by molar-refractivity contribution is 0.0695. The van der Waals surface area contributed by atoms with E-state index in [-0.39, 0.29) is 21.8 Å². The quantitative estimate of drug-likeness (QED) is 0.758. The zero-order chi connectivity index (χ0) is 11.1. The molecule has 2 N–H and O–H groups in total. The summed E-state index contributed by atoms with van der Waals surface area (Å²) < 4.78 is 22.0. The Morgan fingerprint density at radius 3 is 2.14 bits per heavy atom. The van der Waals surface area contributed by atoms with E-state index in [1.54, 1.807) is 0 Å². The number of aryl methyl sites for hydroxylation is 1. The minimum Gasteiger partial charge on any atom is -0.478 e. The van der Waals surface area contributed by atoms with E-state index < -0.39 is 15.0 Å². The Hall–Kier alpha value is -1.01. The van der Waals surface area contributed by atoms with Gasteiger partial charge in [0.25, 0.3) is 9.05 Å². The highest BCUT2D eigenvalue weighted by atomic mass is 35.7. The molecule has 0 saturated heterocycles. The number of aromatic nitrogens is 1. The number of H-pyrrole nitrogens is 1. The van der Waals surface area contributed by atoms with Crippen LogP contribution in [0.4, 0.5) is 0 Å². The second kappa shape index (κ2) is 3.29. The minimum atomic E-state index is -3.92. The molecule has 1 aromatic heterocycles. The molecule has 78 valence electrons. The molecule has 0 aliphatic carbocycles. The molecule has 0 amide bonds. The summed E-state index contributed by atoms with van der Waals surface area (Å²) in [5.41, 5.74) is 0.350. The van der Waals surface area contributed by atoms with Gasteiger partial charge in [0, 0.05) is 21.9 Å². The monoisotopic (exact) mass is 237 g/mol. The normalized spacial score (nSPS) is 11.6. The second-order valence-corrected chi connectivity index (χ2v) is 5.32. The van der Waals surface area contributed by atoms with Crippen LogP contribution in [0.25, 0.3) is 0 Å². The summed E-state index contributed by atoms with van der Waals surface area (Å²) in [5, 5.41) is 8.51. The van der Waals surface area contributed by atoms with E-state index in [1.807, 2.05) is 0 Å². The highest BCUT2D eigenvalue weighted by molar-refractivity contribution is 8.13. The second-order valence-electron chi connectivity index (χ2n) is 2.82. The van der Waals surface area contributed by atoms with Crippen LogP contribution in [0.15, 0.2) is 5.03 Å². The molecule has 1 heterocycles. The zero-order valence-electron chi connectivity index (χ0n) is 7.46. The van der Waals surface area contributed by atoms with Gasteiger partial charge in [0.05, 0.1) is 5.56 Å². The number of hydrogen-bond donors (Lipinski definition) is 2. The maximum atomic E-state index is 11.0. The Kier molecular flexibility index (Phi) is 2.60. The third-order valence-electron chi connectivity index (χ3n) is 1.85. The SMILES string of the molecule is Cc1[nH]c(S(=O)(=O)Cl)c(C)c1C(=O)O. The number of rotatable bonds is 2. The Labute approximate surface area is 85.1 Å². The molecular formula is C7H8ClNO4S. The predicted octanol–water partition coefficient (Wildman–Crippen LogP) is 1.26. The van der Waals surface area contributed by atoms with E-state index in [0.29, 0.717) is 0 Å². The number of hydrogen-bond acceptors (Lipinski definition) is 3. The van der Waals surface area contributed by atoms with Crippen LogP contribution in [-0.4, -0.2) is 24.5 Å². The van der Waals surface area contributed by atoms with Gasteiger partial charge in [-0.25, -0.2) is 13.2 Å². The van der Waals surface area contributed by atoms with Gasteiger partial charge >= 0.3 is 5.97 Å². The minimum absolute atomic E-state index is 0.0516. The van der Waals surface area contributed by atoms with E-state index in [0.717, 1.165) is 0 Å². The van der Waals surface area contributed by atoms with Gasteiger partial charge < -0.3 is 10.1 Å². The largest absolute Gasteiger partial charge is 0.478 e. The van der Waals surface area contributed by atoms with Crippen LogP contribution >= 0.6 is 10.7 Å². The van der Waals surface area contributed by atoms with E-state index in [9.17, 15) is 13.2 Å². The molecule has 0 unspecified atom stereocenters. The molecule has 0 atom stereocenters. The van der Waals surface area contributed by atoms with Crippen LogP contribution in [0.1, 0.15) is 21.6 Å². The van der Waals surface area contributed by atoms with Crippen LogP contribution < -0.4 is 0 Å². The van der Waals surface area contributed by atoms with Gasteiger partial charge in [-0.2, -0.15) is 0 Å². The maximum Gasteiger partial charge on any atom is 0.337 e. The maximum absolute atomic E-state index is 11.0. The summed E-state index contributed by atoms with van der Waals surface area (Å²) >= 11 is 0. The Bertz CT molecular complexity index is 488. The first-order chi connectivity index (χ1) is 6.25. The first-order valence-electron chi connectivity index (χ1n) is 3.62. The van der Waals surface area contributed by atoms with Crippen molar-refractivity contribution in [2.75, 3.05) is 0 Å². The van der Waals surface area contributed by atoms with E-state index in [1.165, 1.54) is 13.8 Å². The van der Waals surface area contributed by atoms with Crippen molar-refractivity contribution >= 4 is 25.7 Å². The van der Waals surface area contributed by atoms with Gasteiger partial charge in [-0.15, -0.1) is 0 Å². The number of carboxylic acid groups (broad SMARTS) is 1. The van der Waals surface area contributed by atoms with Crippen molar-refractivity contribution in [3.63, 3.8) is 0 Å². The molecule has 0 spiro atoms. The van der Waals surface area contributed by atoms with Crippen LogP contribution in [0, 0.1) is 13.8 Å². The summed E-state index contributed by atoms with van der Waals surface area (Å²) in [5.74, 6) is -1.18. The molecule has 0 radical (unpaired) electrons. The first kappa shape index (κ1) is 11.1. The third-order valence-corrected chi connectivity index (χ3v) is 3.21. The summed E-state index contributed by atoms with van der Waals surface area (Å²) in [6.45, 7) is 2.87. The smallest absolute Gasteiger partial charge is 0.337 e. The number of carboxylic acids is 1. The Balaban J connectivity index is 3.55. The van der Waals surface area contributed by atoms with Crippen molar-refractivity contribution in [2.24, 2.45) is 0 Å². The number of carbonyl (C=O) groups is 1. The summed E-state index contributed by atoms with van der Waals surface area (Å²) in [4.78, 5) is 13.2. The van der Waals surface area contributed by atoms with Gasteiger partial charge in [-0.05, 0) is 13.8 Å². The highest BCUT2D eigenvalue weighted by Gasteiger charge is 2.23. The Morgan fingerprint density at radius 2 is 1.93 bits per heavy atom. The lowest BCUT2D eigenvalue weighted by Gasteiger charge is -1.94. The molecule has 0 fully saturated rings. The van der Waals surface area contributed by atoms with Gasteiger partial charge in [-0.3, -0.25) is 0 Å². The van der Waals surface area contributed by atoms with E-state index in [4.69, 9.17) is 15.8 Å². The van der Waals surface area contributed by atoms with Crippen molar-refractivity contribution in [3.05, 3.63) is 16.8 Å². The molecule has 14 heavy (non-hydrogen) atoms. The molecule has 0 bridgehead atoms. The van der Waals surface area contributed by atoms with E-state index in [2.05, 4.69) is 4.98 Å². The zero-order valence-corrected chi connectivity index (χ0v) is 9.03. The van der Waals surface area contributed by atoms with Crippen molar-refractivity contribution in [1.29, 1.82) is 0 Å². The van der Waals surface area contributed by atoms with Crippen LogP contribution in [0.5, 0.6) is 0 Å². The number of halogens is 1. The van der Waals surface area contributed by atoms with Crippen LogP contribution in [-0.2, 0) is 9.05 Å². The molecule has 0 aliphatic heterocycles. The molecule has 0 aliphatic rings. The molecule has 7 heteroatoms. The lowest BCUT2D eigenvalue weighted by Crippen LogP contribution is -1.99. The first-order valence-corrected chi connectivity index (χ1v) is 5.93. The molecule has 1 aromatic rings. The highest BCUT2D eigenvalue weighted by Crippen LogP contribution is 2.24. The molecule has 0 aromatic carbocycles. The van der Waals surface area contributed by atoms with E-state index >= 15 is 0 Å². The molecule has 5 nitrogen and oxygen atoms in total. The summed E-state index contributed by atoms with van der Waals surface area (Å²) in [6, 6.07) is 0. The summed E-state index contributed by atoms with van der Waals surface area (Å²) in [7, 11) is 1.19. The topological polar surface area (TPSA) is 87.2 Å². The van der Waals surface area contributed by atoms with Crippen molar-refractivity contribution in [2.45, 2.75) is 18.9 Å². The molecular weight excluding hydrogens is 230 g/mol. The fourth-order valence-electron chi connectivity index (χ4n) is 1.29. The number of nitrogens with one attached hydrogen (secondary N) is 1. The predicted molar refractivity (Wildman–Crippen MR) is 50.3 cm³/mol. The van der Waals surface area contributed by atoms with Crippen molar-refractivity contribution in [3.8, 4) is 0 Å². The fourth-order valence-corrected chi connectivity index (χ4v) is 2.49. The van der Waals surface area contributed by atoms with Crippen LogP contribution in [0.2, 0.25) is 0 Å². The molecule has 1 rings (SSSR count). The molecule has 0 saturated carbocycles. The van der Waals surface area contributed by atoms with Gasteiger partial charge in [0.15, 0.2) is 5.03 Å². The fraction of sp³-hybridized carbons (Fsp3) is 0.286. The third kappa shape index (κ3) is 1.76. The van der Waals surface area contributed by atoms with Gasteiger partial charge in [0.1, 0.15) is 0 Å². The number of aromatic amines is 1. The average Bonchev–Trinajstić information content (AvgIpc) is 2.24. The van der Waals surface area contributed by atoms with Crippen LogP contribution in [0.3, 0.4) is 0 Å². The summed E-state index contributed by atoms with van der Waals surface area (Å²) in [6.07, 6.45) is 0. The van der Waals surface area contributed by atoms with Crippen molar-refractivity contribution < 1.29 is 18.3 Å². The van der Waals surface area contributed by atoms with Crippen molar-refractivity contribution in [1.82, 2.24) is 4.98 Å². The van der Waals surface area contributed by atoms with Gasteiger partial charge in [0.2, 0.25) is 0 Å². The Morgan fingerprint density at radius 1 is 1.43 bits per heavy atom. The number of aromatic carboxylic acids is 1. The average molecular weight is 238 g/mol. The standard InChI is InChI=1S/C7H8ClNO4S/c1-3-5(7(10)11)4(2)9-6(3)14(8,12)13/h9H,1-2H3,(H,10,11). The lowest BCUT2D eigenvalue weighted by atomic mass is 10.2. The van der Waals surface area contributed by atoms with Gasteiger partial charge in [-0.1, -0.05) is 0 Å².